The Balaban J connectivity index is 1.81. The van der Waals surface area contributed by atoms with Crippen LogP contribution in [0.3, 0.4) is 0 Å². The number of nitrogens with zero attached hydrogens (tertiary/aromatic N) is 2. The third-order valence-corrected chi connectivity index (χ3v) is 3.76. The van der Waals surface area contributed by atoms with E-state index >= 15 is 0 Å². The number of carbonyl (C=O) groups is 1. The molecule has 0 saturated carbocycles. The van der Waals surface area contributed by atoms with Crippen LogP contribution in [0.5, 0.6) is 0 Å². The van der Waals surface area contributed by atoms with Crippen LogP contribution in [0.15, 0.2) is 53.5 Å². The minimum absolute atomic E-state index is 0.182. The van der Waals surface area contributed by atoms with E-state index in [2.05, 4.69) is 29.3 Å². The average molecular weight is 313 g/mol. The molecule has 23 heavy (non-hydrogen) atoms. The Kier molecular flexibility index (Phi) is 5.97. The van der Waals surface area contributed by atoms with Gasteiger partial charge in [-0.2, -0.15) is 0 Å². The van der Waals surface area contributed by atoms with Gasteiger partial charge in [0.1, 0.15) is 0 Å². The van der Waals surface area contributed by atoms with Gasteiger partial charge in [-0.05, 0) is 31.5 Å². The van der Waals surface area contributed by atoms with Gasteiger partial charge in [-0.15, -0.1) is 0 Å². The highest BCUT2D eigenvalue weighted by molar-refractivity contribution is 5.93. The largest absolute Gasteiger partial charge is 0.372 e. The van der Waals surface area contributed by atoms with Gasteiger partial charge < -0.3 is 14.8 Å². The Hall–Kier alpha value is -2.56. The minimum atomic E-state index is -0.203. The quantitative estimate of drug-likeness (QED) is 0.796. The number of anilines is 1. The normalized spacial score (nSPS) is 10.3. The standard InChI is InChI=1S/C18H23N3O2/c1-3-21(16-8-5-4-6-9-16)12-7-11-19-18(23)15-10-13-20(2)17(22)14-15/h4-6,8-10,13-14H,3,7,11-12H2,1-2H3,(H,19,23). The second-order valence-corrected chi connectivity index (χ2v) is 5.39. The molecule has 1 heterocycles. The highest BCUT2D eigenvalue weighted by atomic mass is 16.2. The molecule has 2 rings (SSSR count). The topological polar surface area (TPSA) is 54.3 Å². The first-order chi connectivity index (χ1) is 11.1. The van der Waals surface area contributed by atoms with Crippen molar-refractivity contribution in [3.63, 3.8) is 0 Å². The van der Waals surface area contributed by atoms with Crippen LogP contribution in [0, 0.1) is 0 Å². The van der Waals surface area contributed by atoms with Gasteiger partial charge in [0, 0.05) is 50.2 Å². The molecular formula is C18H23N3O2. The predicted octanol–water partition coefficient (Wildman–Crippen LogP) is 2.03. The molecule has 122 valence electrons. The Morgan fingerprint density at radius 2 is 1.96 bits per heavy atom. The lowest BCUT2D eigenvalue weighted by atomic mass is 10.2. The van der Waals surface area contributed by atoms with Crippen LogP contribution >= 0.6 is 0 Å². The summed E-state index contributed by atoms with van der Waals surface area (Å²) in [6.45, 7) is 4.49. The lowest BCUT2D eigenvalue weighted by Gasteiger charge is -2.23. The summed E-state index contributed by atoms with van der Waals surface area (Å²) < 4.78 is 1.44. The summed E-state index contributed by atoms with van der Waals surface area (Å²) in [5.74, 6) is -0.203. The first-order valence-corrected chi connectivity index (χ1v) is 7.86. The van der Waals surface area contributed by atoms with Crippen LogP contribution in [0.1, 0.15) is 23.7 Å². The number of benzene rings is 1. The van der Waals surface area contributed by atoms with Crippen LogP contribution in [-0.2, 0) is 7.05 Å². The van der Waals surface area contributed by atoms with Crippen molar-refractivity contribution in [3.05, 3.63) is 64.6 Å². The number of rotatable bonds is 7. The zero-order valence-corrected chi connectivity index (χ0v) is 13.7. The van der Waals surface area contributed by atoms with Crippen molar-refractivity contribution >= 4 is 11.6 Å². The molecule has 2 aromatic rings. The van der Waals surface area contributed by atoms with Crippen LogP contribution in [0.2, 0.25) is 0 Å². The van der Waals surface area contributed by atoms with E-state index in [1.807, 2.05) is 18.2 Å². The SMILES string of the molecule is CCN(CCCNC(=O)c1ccn(C)c(=O)c1)c1ccccc1. The van der Waals surface area contributed by atoms with Gasteiger partial charge in [0.25, 0.3) is 11.5 Å². The molecule has 5 heteroatoms. The molecule has 0 aliphatic heterocycles. The first-order valence-electron chi connectivity index (χ1n) is 7.86. The summed E-state index contributed by atoms with van der Waals surface area (Å²) in [6, 6.07) is 13.2. The zero-order valence-electron chi connectivity index (χ0n) is 13.7. The molecule has 0 radical (unpaired) electrons. The zero-order chi connectivity index (χ0) is 16.7. The molecular weight excluding hydrogens is 290 g/mol. The smallest absolute Gasteiger partial charge is 0.251 e. The van der Waals surface area contributed by atoms with Crippen molar-refractivity contribution in [2.75, 3.05) is 24.5 Å². The maximum atomic E-state index is 12.0. The van der Waals surface area contributed by atoms with Gasteiger partial charge in [0.15, 0.2) is 0 Å². The van der Waals surface area contributed by atoms with E-state index in [1.54, 1.807) is 19.3 Å². The molecule has 1 aromatic heterocycles. The van der Waals surface area contributed by atoms with Crippen molar-refractivity contribution in [1.29, 1.82) is 0 Å². The van der Waals surface area contributed by atoms with Crippen LogP contribution < -0.4 is 15.8 Å². The number of hydrogen-bond acceptors (Lipinski definition) is 3. The minimum Gasteiger partial charge on any atom is -0.372 e. The number of aryl methyl sites for hydroxylation is 1. The molecule has 1 amide bonds. The predicted molar refractivity (Wildman–Crippen MR) is 93.0 cm³/mol. The Morgan fingerprint density at radius 3 is 2.61 bits per heavy atom. The second kappa shape index (κ2) is 8.17. The summed E-state index contributed by atoms with van der Waals surface area (Å²) in [5, 5.41) is 2.86. The van der Waals surface area contributed by atoms with Crippen molar-refractivity contribution in [2.45, 2.75) is 13.3 Å². The highest BCUT2D eigenvalue weighted by Gasteiger charge is 2.07. The van der Waals surface area contributed by atoms with E-state index in [0.717, 1.165) is 19.5 Å². The fraction of sp³-hybridized carbons (Fsp3) is 0.333. The van der Waals surface area contributed by atoms with Gasteiger partial charge in [0.2, 0.25) is 0 Å². The molecule has 0 atom stereocenters. The number of para-hydroxylation sites is 1. The van der Waals surface area contributed by atoms with Crippen molar-refractivity contribution in [3.8, 4) is 0 Å². The molecule has 1 aromatic carbocycles. The van der Waals surface area contributed by atoms with Gasteiger partial charge >= 0.3 is 0 Å². The third-order valence-electron chi connectivity index (χ3n) is 3.76. The Labute approximate surface area is 136 Å². The van der Waals surface area contributed by atoms with Crippen LogP contribution in [-0.4, -0.2) is 30.1 Å². The number of amides is 1. The van der Waals surface area contributed by atoms with E-state index < -0.39 is 0 Å². The fourth-order valence-electron chi connectivity index (χ4n) is 2.37. The number of aromatic nitrogens is 1. The molecule has 0 unspecified atom stereocenters. The first kappa shape index (κ1) is 16.8. The molecule has 0 fully saturated rings. The van der Waals surface area contributed by atoms with Gasteiger partial charge in [0.05, 0.1) is 0 Å². The third kappa shape index (κ3) is 4.71. The average Bonchev–Trinajstić information content (AvgIpc) is 2.58. The lowest BCUT2D eigenvalue weighted by molar-refractivity contribution is 0.0953. The monoisotopic (exact) mass is 313 g/mol. The second-order valence-electron chi connectivity index (χ2n) is 5.39. The van der Waals surface area contributed by atoms with Crippen molar-refractivity contribution in [1.82, 2.24) is 9.88 Å². The fourth-order valence-corrected chi connectivity index (χ4v) is 2.37. The highest BCUT2D eigenvalue weighted by Crippen LogP contribution is 2.12. The Bertz CT molecular complexity index is 695. The number of hydrogen-bond donors (Lipinski definition) is 1. The summed E-state index contributed by atoms with van der Waals surface area (Å²) in [6.07, 6.45) is 2.45. The van der Waals surface area contributed by atoms with E-state index in [1.165, 1.54) is 16.3 Å². The number of pyridine rings is 1. The van der Waals surface area contributed by atoms with Gasteiger partial charge in [-0.3, -0.25) is 9.59 Å². The number of carbonyl (C=O) groups excluding carboxylic acids is 1. The van der Waals surface area contributed by atoms with Gasteiger partial charge in [-0.25, -0.2) is 0 Å². The van der Waals surface area contributed by atoms with E-state index in [9.17, 15) is 9.59 Å². The molecule has 0 bridgehead atoms. The molecule has 1 N–H and O–H groups in total. The maximum absolute atomic E-state index is 12.0. The van der Waals surface area contributed by atoms with Crippen molar-refractivity contribution < 1.29 is 4.79 Å². The van der Waals surface area contributed by atoms with Crippen LogP contribution in [0.25, 0.3) is 0 Å². The summed E-state index contributed by atoms with van der Waals surface area (Å²) in [5.41, 5.74) is 1.41. The van der Waals surface area contributed by atoms with Crippen LogP contribution in [0.4, 0.5) is 5.69 Å². The van der Waals surface area contributed by atoms with E-state index in [-0.39, 0.29) is 11.5 Å². The molecule has 0 aliphatic rings. The summed E-state index contributed by atoms with van der Waals surface area (Å²) >= 11 is 0. The molecule has 0 aliphatic carbocycles. The summed E-state index contributed by atoms with van der Waals surface area (Å²) in [4.78, 5) is 25.8. The van der Waals surface area contributed by atoms with Gasteiger partial charge in [-0.1, -0.05) is 18.2 Å². The van der Waals surface area contributed by atoms with Crippen molar-refractivity contribution in [2.24, 2.45) is 7.05 Å². The molecule has 5 nitrogen and oxygen atoms in total. The Morgan fingerprint density at radius 1 is 1.22 bits per heavy atom. The van der Waals surface area contributed by atoms with E-state index in [0.29, 0.717) is 12.1 Å². The summed E-state index contributed by atoms with van der Waals surface area (Å²) in [7, 11) is 1.66. The molecule has 0 spiro atoms. The maximum Gasteiger partial charge on any atom is 0.251 e. The molecule has 0 saturated heterocycles. The lowest BCUT2D eigenvalue weighted by Crippen LogP contribution is -2.30. The number of nitrogens with one attached hydrogen (secondary N) is 1. The van der Waals surface area contributed by atoms with E-state index in [4.69, 9.17) is 0 Å².